The Labute approximate surface area is 233 Å². The number of hydrogen-bond acceptors (Lipinski definition) is 5. The van der Waals surface area contributed by atoms with Crippen molar-refractivity contribution in [1.29, 1.82) is 0 Å². The van der Waals surface area contributed by atoms with Gasteiger partial charge in [0.25, 0.3) is 5.56 Å². The van der Waals surface area contributed by atoms with Gasteiger partial charge in [-0.15, -0.1) is 0 Å². The molecule has 0 radical (unpaired) electrons. The number of fused-ring (bicyclic) bond motifs is 1. The van der Waals surface area contributed by atoms with E-state index in [1.165, 1.54) is 22.7 Å². The van der Waals surface area contributed by atoms with Crippen molar-refractivity contribution in [3.05, 3.63) is 86.1 Å². The third kappa shape index (κ3) is 5.21. The molecule has 0 saturated carbocycles. The molecule has 39 heavy (non-hydrogen) atoms. The van der Waals surface area contributed by atoms with Gasteiger partial charge in [-0.1, -0.05) is 55.8 Å². The zero-order chi connectivity index (χ0) is 27.8. The average Bonchev–Trinajstić information content (AvgIpc) is 3.31. The van der Waals surface area contributed by atoms with Crippen LogP contribution >= 0.6 is 12.2 Å². The van der Waals surface area contributed by atoms with Crippen LogP contribution in [-0.4, -0.2) is 54.9 Å². The topological polar surface area (TPSA) is 80.3 Å². The van der Waals surface area contributed by atoms with Gasteiger partial charge in [-0.3, -0.25) is 18.5 Å². The molecule has 0 amide bonds. The third-order valence-electron chi connectivity index (χ3n) is 7.47. The van der Waals surface area contributed by atoms with Gasteiger partial charge < -0.3 is 15.1 Å². The number of anilines is 2. The molecule has 1 fully saturated rings. The monoisotopic (exact) mass is 545 g/mol. The van der Waals surface area contributed by atoms with Crippen LogP contribution in [0.1, 0.15) is 36.5 Å². The van der Waals surface area contributed by atoms with Crippen LogP contribution < -0.4 is 21.5 Å². The molecule has 1 aliphatic rings. The first kappa shape index (κ1) is 26.7. The second-order valence-electron chi connectivity index (χ2n) is 10.5. The zero-order valence-corrected chi connectivity index (χ0v) is 24.0. The highest BCUT2D eigenvalue weighted by atomic mass is 32.1. The first-order valence-electron chi connectivity index (χ1n) is 13.3. The van der Waals surface area contributed by atoms with Crippen LogP contribution in [0.3, 0.4) is 0 Å². The molecule has 3 heterocycles. The van der Waals surface area contributed by atoms with Crippen LogP contribution in [0, 0.1) is 6.92 Å². The van der Waals surface area contributed by atoms with Crippen molar-refractivity contribution in [2.45, 2.75) is 33.2 Å². The number of nitrogens with zero attached hydrogens (tertiary/aromatic N) is 6. The second-order valence-corrected chi connectivity index (χ2v) is 10.9. The number of benzene rings is 2. The first-order chi connectivity index (χ1) is 18.6. The fourth-order valence-electron chi connectivity index (χ4n) is 4.97. The summed E-state index contributed by atoms with van der Waals surface area (Å²) in [4.78, 5) is 35.1. The number of rotatable bonds is 5. The van der Waals surface area contributed by atoms with Crippen molar-refractivity contribution in [2.24, 2.45) is 14.1 Å². The molecule has 0 atom stereocenters. The molecular formula is C29H35N7O2S. The molecule has 4 aromatic rings. The van der Waals surface area contributed by atoms with Crippen molar-refractivity contribution >= 4 is 40.1 Å². The Bertz CT molecular complexity index is 1620. The van der Waals surface area contributed by atoms with Gasteiger partial charge in [-0.2, -0.15) is 4.98 Å². The molecule has 0 bridgehead atoms. The minimum atomic E-state index is -0.387. The van der Waals surface area contributed by atoms with Gasteiger partial charge in [0.2, 0.25) is 5.95 Å². The van der Waals surface area contributed by atoms with E-state index in [2.05, 4.69) is 77.5 Å². The molecule has 2 aromatic carbocycles. The number of imidazole rings is 1. The summed E-state index contributed by atoms with van der Waals surface area (Å²) in [5, 5.41) is 4.06. The lowest BCUT2D eigenvalue weighted by Crippen LogP contribution is -2.50. The van der Waals surface area contributed by atoms with Crippen LogP contribution in [0.2, 0.25) is 0 Å². The molecule has 1 N–H and O–H groups in total. The number of aromatic nitrogens is 4. The fraction of sp³-hybridized carbons (Fsp3) is 0.379. The summed E-state index contributed by atoms with van der Waals surface area (Å²) < 4.78 is 4.55. The van der Waals surface area contributed by atoms with E-state index in [9.17, 15) is 9.59 Å². The van der Waals surface area contributed by atoms with Gasteiger partial charge in [-0.05, 0) is 48.3 Å². The lowest BCUT2D eigenvalue weighted by atomic mass is 10.0. The van der Waals surface area contributed by atoms with Crippen molar-refractivity contribution in [2.75, 3.05) is 36.4 Å². The maximum absolute atomic E-state index is 13.3. The Kier molecular flexibility index (Phi) is 7.31. The van der Waals surface area contributed by atoms with E-state index in [0.717, 1.165) is 15.8 Å². The number of aryl methyl sites for hydroxylation is 2. The second kappa shape index (κ2) is 10.7. The Morgan fingerprint density at radius 1 is 0.949 bits per heavy atom. The van der Waals surface area contributed by atoms with E-state index in [-0.39, 0.29) is 11.2 Å². The fourth-order valence-corrected chi connectivity index (χ4v) is 5.27. The summed E-state index contributed by atoms with van der Waals surface area (Å²) in [7, 11) is 3.17. The maximum Gasteiger partial charge on any atom is 0.332 e. The minimum Gasteiger partial charge on any atom is -0.345 e. The molecule has 0 spiro atoms. The summed E-state index contributed by atoms with van der Waals surface area (Å²) in [5.74, 6) is 1.17. The highest BCUT2D eigenvalue weighted by Gasteiger charge is 2.26. The van der Waals surface area contributed by atoms with Gasteiger partial charge in [-0.25, -0.2) is 4.79 Å². The molecule has 204 valence electrons. The molecule has 0 unspecified atom stereocenters. The molecule has 5 rings (SSSR count). The first-order valence-corrected chi connectivity index (χ1v) is 13.7. The minimum absolute atomic E-state index is 0.341. The van der Waals surface area contributed by atoms with E-state index >= 15 is 0 Å². The Hall–Kier alpha value is -3.92. The number of piperazine rings is 1. The Morgan fingerprint density at radius 2 is 1.59 bits per heavy atom. The number of nitrogens with one attached hydrogen (secondary N) is 1. The summed E-state index contributed by atoms with van der Waals surface area (Å²) in [6.45, 7) is 9.66. The highest BCUT2D eigenvalue weighted by Crippen LogP contribution is 2.23. The van der Waals surface area contributed by atoms with Crippen LogP contribution in [0.5, 0.6) is 0 Å². The van der Waals surface area contributed by atoms with E-state index < -0.39 is 0 Å². The van der Waals surface area contributed by atoms with Crippen molar-refractivity contribution in [3.63, 3.8) is 0 Å². The average molecular weight is 546 g/mol. The highest BCUT2D eigenvalue weighted by molar-refractivity contribution is 7.80. The van der Waals surface area contributed by atoms with Crippen molar-refractivity contribution in [3.8, 4) is 0 Å². The normalized spacial score (nSPS) is 13.9. The third-order valence-corrected chi connectivity index (χ3v) is 7.83. The molecule has 10 heteroatoms. The quantitative estimate of drug-likeness (QED) is 0.385. The van der Waals surface area contributed by atoms with Crippen LogP contribution in [0.4, 0.5) is 11.6 Å². The molecule has 1 aliphatic heterocycles. The van der Waals surface area contributed by atoms with Gasteiger partial charge in [0.1, 0.15) is 0 Å². The molecular weight excluding hydrogens is 510 g/mol. The van der Waals surface area contributed by atoms with E-state index in [0.29, 0.717) is 60.9 Å². The predicted molar refractivity (Wildman–Crippen MR) is 161 cm³/mol. The molecule has 1 saturated heterocycles. The molecule has 9 nitrogen and oxygen atoms in total. The van der Waals surface area contributed by atoms with E-state index in [4.69, 9.17) is 17.2 Å². The largest absolute Gasteiger partial charge is 0.345 e. The van der Waals surface area contributed by atoms with Gasteiger partial charge in [0.15, 0.2) is 16.3 Å². The SMILES string of the molecule is Cc1ccc(Cn2c(N3CCN(C(=S)Nc4ccc(C(C)C)cc4)CC3)nc3c2c(=O)n(C)c(=O)n3C)cc1. The van der Waals surface area contributed by atoms with Crippen LogP contribution in [0.15, 0.2) is 58.1 Å². The Balaban J connectivity index is 1.40. The lowest BCUT2D eigenvalue weighted by molar-refractivity contribution is 0.386. The summed E-state index contributed by atoms with van der Waals surface area (Å²) >= 11 is 5.73. The van der Waals surface area contributed by atoms with Crippen LogP contribution in [0.25, 0.3) is 11.2 Å². The molecule has 0 aliphatic carbocycles. The maximum atomic E-state index is 13.3. The summed E-state index contributed by atoms with van der Waals surface area (Å²) in [6.07, 6.45) is 0. The summed E-state index contributed by atoms with van der Waals surface area (Å²) in [5.41, 5.74) is 4.60. The predicted octanol–water partition coefficient (Wildman–Crippen LogP) is 3.43. The van der Waals surface area contributed by atoms with Crippen molar-refractivity contribution < 1.29 is 0 Å². The van der Waals surface area contributed by atoms with Gasteiger partial charge in [0.05, 0.1) is 6.54 Å². The standard InChI is InChI=1S/C29H35N7O2S/c1-19(2)22-10-12-23(13-11-22)30-28(39)35-16-14-34(15-17-35)27-31-25-24(26(37)33(5)29(38)32(25)4)36(27)18-21-8-6-20(3)7-9-21/h6-13,19H,14-18H2,1-5H3,(H,30,39). The smallest absolute Gasteiger partial charge is 0.332 e. The van der Waals surface area contributed by atoms with Gasteiger partial charge >= 0.3 is 5.69 Å². The summed E-state index contributed by atoms with van der Waals surface area (Å²) in [6, 6.07) is 16.6. The number of hydrogen-bond donors (Lipinski definition) is 1. The van der Waals surface area contributed by atoms with E-state index in [1.54, 1.807) is 7.05 Å². The van der Waals surface area contributed by atoms with Gasteiger partial charge in [0, 0.05) is 46.0 Å². The lowest BCUT2D eigenvalue weighted by Gasteiger charge is -2.36. The van der Waals surface area contributed by atoms with Crippen molar-refractivity contribution in [1.82, 2.24) is 23.6 Å². The Morgan fingerprint density at radius 3 is 2.21 bits per heavy atom. The van der Waals surface area contributed by atoms with Crippen LogP contribution in [-0.2, 0) is 20.6 Å². The zero-order valence-electron chi connectivity index (χ0n) is 23.1. The van der Waals surface area contributed by atoms with E-state index in [1.807, 2.05) is 11.5 Å². The molecule has 2 aromatic heterocycles. The number of thiocarbonyl (C=S) groups is 1.